The molecule has 0 saturated carbocycles. The second kappa shape index (κ2) is 3.31. The molecule has 1 aromatic carbocycles. The number of aromatic amines is 1. The Morgan fingerprint density at radius 3 is 2.53 bits per heavy atom. The monoisotopic (exact) mass is 204 g/mol. The minimum atomic E-state index is -0.274. The molecule has 15 heavy (non-hydrogen) atoms. The van der Waals surface area contributed by atoms with E-state index in [0.717, 1.165) is 11.1 Å². The Balaban J connectivity index is 2.75. The van der Waals surface area contributed by atoms with Gasteiger partial charge in [-0.25, -0.2) is 0 Å². The van der Waals surface area contributed by atoms with E-state index in [-0.39, 0.29) is 11.4 Å². The molecule has 0 bridgehead atoms. The summed E-state index contributed by atoms with van der Waals surface area (Å²) >= 11 is 0. The molecule has 0 saturated heterocycles. The summed E-state index contributed by atoms with van der Waals surface area (Å²) in [7, 11) is 1.60. The molecule has 78 valence electrons. The lowest BCUT2D eigenvalue weighted by molar-refractivity contribution is 0.420. The van der Waals surface area contributed by atoms with Crippen molar-refractivity contribution in [2.45, 2.75) is 6.92 Å². The molecule has 4 nitrogen and oxygen atoms in total. The summed E-state index contributed by atoms with van der Waals surface area (Å²) in [6.07, 6.45) is 0. The Labute approximate surface area is 86.8 Å². The normalized spacial score (nSPS) is 10.5. The van der Waals surface area contributed by atoms with Crippen LogP contribution in [0.15, 0.2) is 29.1 Å². The molecule has 2 N–H and O–H groups in total. The second-order valence-corrected chi connectivity index (χ2v) is 3.51. The SMILES string of the molecule is Cc1ccccc1-c1c(O)n(C)[nH]c1=O. The minimum Gasteiger partial charge on any atom is -0.493 e. The Hall–Kier alpha value is -1.97. The summed E-state index contributed by atoms with van der Waals surface area (Å²) in [5.74, 6) is -0.0331. The first-order chi connectivity index (χ1) is 7.11. The number of nitrogens with one attached hydrogen (secondary N) is 1. The molecule has 0 aliphatic heterocycles. The average molecular weight is 204 g/mol. The van der Waals surface area contributed by atoms with Crippen molar-refractivity contribution in [1.82, 2.24) is 9.78 Å². The van der Waals surface area contributed by atoms with E-state index in [1.165, 1.54) is 4.68 Å². The van der Waals surface area contributed by atoms with Gasteiger partial charge in [0.15, 0.2) is 0 Å². The predicted octanol–water partition coefficient (Wildman–Crippen LogP) is 1.39. The van der Waals surface area contributed by atoms with E-state index in [0.29, 0.717) is 5.56 Å². The number of H-pyrrole nitrogens is 1. The number of aromatic nitrogens is 2. The highest BCUT2D eigenvalue weighted by molar-refractivity contribution is 5.70. The summed E-state index contributed by atoms with van der Waals surface area (Å²) in [5, 5.41) is 12.2. The van der Waals surface area contributed by atoms with Gasteiger partial charge in [0.2, 0.25) is 5.88 Å². The number of nitrogens with zero attached hydrogens (tertiary/aromatic N) is 1. The fourth-order valence-corrected chi connectivity index (χ4v) is 1.63. The lowest BCUT2D eigenvalue weighted by atomic mass is 10.0. The Bertz CT molecular complexity index is 552. The molecule has 1 heterocycles. The Kier molecular flexibility index (Phi) is 2.11. The van der Waals surface area contributed by atoms with E-state index in [4.69, 9.17) is 0 Å². The third-order valence-corrected chi connectivity index (χ3v) is 2.45. The van der Waals surface area contributed by atoms with Gasteiger partial charge in [0.1, 0.15) is 5.56 Å². The third-order valence-electron chi connectivity index (χ3n) is 2.45. The molecule has 2 rings (SSSR count). The topological polar surface area (TPSA) is 58.0 Å². The molecule has 1 aromatic heterocycles. The second-order valence-electron chi connectivity index (χ2n) is 3.51. The molecule has 0 spiro atoms. The van der Waals surface area contributed by atoms with Crippen molar-refractivity contribution in [1.29, 1.82) is 0 Å². The zero-order chi connectivity index (χ0) is 11.0. The van der Waals surface area contributed by atoms with Crippen LogP contribution in [0.3, 0.4) is 0 Å². The van der Waals surface area contributed by atoms with Gasteiger partial charge in [-0.2, -0.15) is 0 Å². The summed E-state index contributed by atoms with van der Waals surface area (Å²) in [6, 6.07) is 7.46. The molecule has 0 amide bonds. The largest absolute Gasteiger partial charge is 0.493 e. The van der Waals surface area contributed by atoms with Gasteiger partial charge in [0.05, 0.1) is 0 Å². The number of hydrogen-bond acceptors (Lipinski definition) is 2. The molecule has 0 aliphatic rings. The van der Waals surface area contributed by atoms with Gasteiger partial charge in [-0.15, -0.1) is 0 Å². The summed E-state index contributed by atoms with van der Waals surface area (Å²) in [6.45, 7) is 1.90. The zero-order valence-corrected chi connectivity index (χ0v) is 8.61. The zero-order valence-electron chi connectivity index (χ0n) is 8.61. The third kappa shape index (κ3) is 1.44. The van der Waals surface area contributed by atoms with Crippen LogP contribution >= 0.6 is 0 Å². The van der Waals surface area contributed by atoms with E-state index in [9.17, 15) is 9.90 Å². The molecule has 2 aromatic rings. The van der Waals surface area contributed by atoms with Crippen molar-refractivity contribution < 1.29 is 5.11 Å². The standard InChI is InChI=1S/C11H12N2O2/c1-7-5-3-4-6-8(7)9-10(14)12-13(2)11(9)15/h3-6,15H,1-2H3,(H,12,14). The van der Waals surface area contributed by atoms with Gasteiger partial charge >= 0.3 is 0 Å². The van der Waals surface area contributed by atoms with Crippen LogP contribution in [0, 0.1) is 6.92 Å². The fraction of sp³-hybridized carbons (Fsp3) is 0.182. The summed E-state index contributed by atoms with van der Waals surface area (Å²) in [4.78, 5) is 11.6. The molecule has 0 unspecified atom stereocenters. The van der Waals surface area contributed by atoms with Crippen LogP contribution in [-0.4, -0.2) is 14.9 Å². The van der Waals surface area contributed by atoms with Crippen molar-refractivity contribution in [3.8, 4) is 17.0 Å². The molecule has 0 aliphatic carbocycles. The van der Waals surface area contributed by atoms with Gasteiger partial charge in [0, 0.05) is 7.05 Å². The maximum atomic E-state index is 11.6. The van der Waals surface area contributed by atoms with Crippen molar-refractivity contribution in [3.63, 3.8) is 0 Å². The van der Waals surface area contributed by atoms with Gasteiger partial charge in [-0.1, -0.05) is 24.3 Å². The number of aromatic hydroxyl groups is 1. The predicted molar refractivity (Wildman–Crippen MR) is 57.9 cm³/mol. The van der Waals surface area contributed by atoms with E-state index >= 15 is 0 Å². The van der Waals surface area contributed by atoms with E-state index in [1.54, 1.807) is 7.05 Å². The van der Waals surface area contributed by atoms with Crippen molar-refractivity contribution in [3.05, 3.63) is 40.2 Å². The highest BCUT2D eigenvalue weighted by atomic mass is 16.3. The Morgan fingerprint density at radius 1 is 1.33 bits per heavy atom. The quantitative estimate of drug-likeness (QED) is 0.737. The maximum Gasteiger partial charge on any atom is 0.275 e. The molecule has 0 atom stereocenters. The lowest BCUT2D eigenvalue weighted by Crippen LogP contribution is -2.04. The van der Waals surface area contributed by atoms with Crippen LogP contribution in [0.25, 0.3) is 11.1 Å². The highest BCUT2D eigenvalue weighted by Gasteiger charge is 2.14. The van der Waals surface area contributed by atoms with Crippen LogP contribution in [0.4, 0.5) is 0 Å². The van der Waals surface area contributed by atoms with E-state index in [1.807, 2.05) is 31.2 Å². The first-order valence-corrected chi connectivity index (χ1v) is 4.65. The molecular formula is C11H12N2O2. The maximum absolute atomic E-state index is 11.6. The van der Waals surface area contributed by atoms with E-state index < -0.39 is 0 Å². The van der Waals surface area contributed by atoms with Gasteiger partial charge in [0.25, 0.3) is 5.56 Å². The highest BCUT2D eigenvalue weighted by Crippen LogP contribution is 2.26. The summed E-state index contributed by atoms with van der Waals surface area (Å²) in [5.41, 5.74) is 1.78. The molecule has 4 heteroatoms. The fourth-order valence-electron chi connectivity index (χ4n) is 1.63. The van der Waals surface area contributed by atoms with Crippen molar-refractivity contribution in [2.24, 2.45) is 7.05 Å². The van der Waals surface area contributed by atoms with Crippen molar-refractivity contribution in [2.75, 3.05) is 0 Å². The molecule has 0 radical (unpaired) electrons. The smallest absolute Gasteiger partial charge is 0.275 e. The first kappa shape index (κ1) is 9.58. The summed E-state index contributed by atoms with van der Waals surface area (Å²) < 4.78 is 1.31. The van der Waals surface area contributed by atoms with Crippen molar-refractivity contribution >= 4 is 0 Å². The van der Waals surface area contributed by atoms with E-state index in [2.05, 4.69) is 5.10 Å². The van der Waals surface area contributed by atoms with Crippen LogP contribution in [0.1, 0.15) is 5.56 Å². The number of aryl methyl sites for hydroxylation is 2. The van der Waals surface area contributed by atoms with Gasteiger partial charge in [-0.3, -0.25) is 14.6 Å². The van der Waals surface area contributed by atoms with Gasteiger partial charge in [-0.05, 0) is 18.1 Å². The first-order valence-electron chi connectivity index (χ1n) is 4.65. The molecule has 0 fully saturated rings. The number of hydrogen-bond donors (Lipinski definition) is 2. The van der Waals surface area contributed by atoms with Crippen LogP contribution < -0.4 is 5.56 Å². The number of rotatable bonds is 1. The lowest BCUT2D eigenvalue weighted by Gasteiger charge is -2.02. The van der Waals surface area contributed by atoms with Crippen LogP contribution in [0.5, 0.6) is 5.88 Å². The molecular weight excluding hydrogens is 192 g/mol. The van der Waals surface area contributed by atoms with Gasteiger partial charge < -0.3 is 5.11 Å². The van der Waals surface area contributed by atoms with Crippen LogP contribution in [-0.2, 0) is 7.05 Å². The van der Waals surface area contributed by atoms with Crippen LogP contribution in [0.2, 0.25) is 0 Å². The number of benzene rings is 1. The minimum absolute atomic E-state index is 0.0331. The average Bonchev–Trinajstić information content (AvgIpc) is 2.43. The Morgan fingerprint density at radius 2 is 2.00 bits per heavy atom.